The molecule has 152 valence electrons. The Bertz CT molecular complexity index is 406. The summed E-state index contributed by atoms with van der Waals surface area (Å²) in [6, 6.07) is 0. The minimum atomic E-state index is -4.28. The SMILES string of the molecule is CC(C)CCC[C@@H](C)CCC[C@@H](C)CCC[C@@H](C)CCOS(=O)(=O)O. The minimum Gasteiger partial charge on any atom is -0.264 e. The molecule has 0 aliphatic heterocycles. The van der Waals surface area contributed by atoms with Crippen molar-refractivity contribution in [3.05, 3.63) is 0 Å². The topological polar surface area (TPSA) is 63.6 Å². The first-order valence-corrected chi connectivity index (χ1v) is 11.6. The van der Waals surface area contributed by atoms with E-state index in [4.69, 9.17) is 4.55 Å². The van der Waals surface area contributed by atoms with E-state index in [0.29, 0.717) is 12.3 Å². The highest BCUT2D eigenvalue weighted by Gasteiger charge is 2.10. The molecule has 1 N–H and O–H groups in total. The predicted molar refractivity (Wildman–Crippen MR) is 106 cm³/mol. The molecule has 4 nitrogen and oxygen atoms in total. The number of hydrogen-bond donors (Lipinski definition) is 1. The average Bonchev–Trinajstić information content (AvgIpc) is 2.45. The molecule has 0 unspecified atom stereocenters. The van der Waals surface area contributed by atoms with E-state index in [1.54, 1.807) is 0 Å². The lowest BCUT2D eigenvalue weighted by molar-refractivity contribution is 0.244. The van der Waals surface area contributed by atoms with E-state index < -0.39 is 10.4 Å². The van der Waals surface area contributed by atoms with Gasteiger partial charge >= 0.3 is 10.4 Å². The molecule has 3 atom stereocenters. The van der Waals surface area contributed by atoms with E-state index in [1.807, 2.05) is 0 Å². The summed E-state index contributed by atoms with van der Waals surface area (Å²) >= 11 is 0. The second-order valence-electron chi connectivity index (χ2n) is 8.54. The molecule has 0 aromatic heterocycles. The van der Waals surface area contributed by atoms with Crippen LogP contribution in [-0.2, 0) is 14.6 Å². The Labute approximate surface area is 157 Å². The molecule has 0 rings (SSSR count). The summed E-state index contributed by atoms with van der Waals surface area (Å²) in [7, 11) is -4.28. The zero-order valence-electron chi connectivity index (χ0n) is 17.2. The van der Waals surface area contributed by atoms with E-state index in [2.05, 4.69) is 38.8 Å². The number of hydrogen-bond acceptors (Lipinski definition) is 3. The smallest absolute Gasteiger partial charge is 0.264 e. The Morgan fingerprint density at radius 1 is 0.680 bits per heavy atom. The lowest BCUT2D eigenvalue weighted by atomic mass is 9.91. The van der Waals surface area contributed by atoms with Gasteiger partial charge in [0.1, 0.15) is 0 Å². The first kappa shape index (κ1) is 24.9. The number of rotatable bonds is 16. The van der Waals surface area contributed by atoms with Crippen LogP contribution in [0.2, 0.25) is 0 Å². The van der Waals surface area contributed by atoms with Crippen LogP contribution in [0.3, 0.4) is 0 Å². The van der Waals surface area contributed by atoms with Gasteiger partial charge < -0.3 is 0 Å². The summed E-state index contributed by atoms with van der Waals surface area (Å²) < 4.78 is 33.9. The van der Waals surface area contributed by atoms with Crippen LogP contribution in [0.1, 0.15) is 98.8 Å². The Morgan fingerprint density at radius 3 is 1.40 bits per heavy atom. The Hall–Kier alpha value is -0.130. The molecule has 0 aromatic rings. The molecule has 0 aliphatic rings. The molecule has 0 spiro atoms. The fourth-order valence-electron chi connectivity index (χ4n) is 3.29. The molecule has 0 saturated heterocycles. The van der Waals surface area contributed by atoms with Gasteiger partial charge in [-0.25, -0.2) is 4.18 Å². The fourth-order valence-corrected chi connectivity index (χ4v) is 3.60. The molecule has 0 heterocycles. The van der Waals surface area contributed by atoms with Gasteiger partial charge in [0.25, 0.3) is 0 Å². The van der Waals surface area contributed by atoms with Crippen molar-refractivity contribution >= 4 is 10.4 Å². The van der Waals surface area contributed by atoms with Crippen LogP contribution in [0.15, 0.2) is 0 Å². The van der Waals surface area contributed by atoms with Crippen molar-refractivity contribution in [2.24, 2.45) is 23.7 Å². The van der Waals surface area contributed by atoms with Crippen LogP contribution >= 0.6 is 0 Å². The van der Waals surface area contributed by atoms with Crippen molar-refractivity contribution < 1.29 is 17.2 Å². The third-order valence-corrected chi connectivity index (χ3v) is 5.57. The van der Waals surface area contributed by atoms with Crippen molar-refractivity contribution in [1.82, 2.24) is 0 Å². The van der Waals surface area contributed by atoms with Crippen LogP contribution in [0.4, 0.5) is 0 Å². The lowest BCUT2D eigenvalue weighted by Crippen LogP contribution is -2.08. The Kier molecular flexibility index (Phi) is 13.9. The molecule has 25 heavy (non-hydrogen) atoms. The van der Waals surface area contributed by atoms with Crippen LogP contribution < -0.4 is 0 Å². The van der Waals surface area contributed by atoms with Crippen molar-refractivity contribution in [3.8, 4) is 0 Å². The summed E-state index contributed by atoms with van der Waals surface area (Å²) in [6.45, 7) is 11.5. The molecule has 5 heteroatoms. The quantitative estimate of drug-likeness (QED) is 0.321. The largest absolute Gasteiger partial charge is 0.397 e. The van der Waals surface area contributed by atoms with Crippen molar-refractivity contribution in [3.63, 3.8) is 0 Å². The predicted octanol–water partition coefficient (Wildman–Crippen LogP) is 6.27. The van der Waals surface area contributed by atoms with Crippen molar-refractivity contribution in [1.29, 1.82) is 0 Å². The maximum atomic E-state index is 10.5. The third-order valence-electron chi connectivity index (χ3n) is 5.11. The highest BCUT2D eigenvalue weighted by Crippen LogP contribution is 2.22. The standard InChI is InChI=1S/C20H42O4S/c1-17(2)9-6-10-18(3)11-7-12-19(4)13-8-14-20(5)15-16-24-25(21,22)23/h17-20H,6-16H2,1-5H3,(H,21,22,23)/t18-,19-,20-/m1/s1. The summed E-state index contributed by atoms with van der Waals surface area (Å²) in [5, 5.41) is 0. The maximum absolute atomic E-state index is 10.5. The van der Waals surface area contributed by atoms with Crippen LogP contribution in [0.5, 0.6) is 0 Å². The van der Waals surface area contributed by atoms with Gasteiger partial charge in [0.15, 0.2) is 0 Å². The van der Waals surface area contributed by atoms with Gasteiger partial charge in [-0.1, -0.05) is 92.4 Å². The van der Waals surface area contributed by atoms with Crippen LogP contribution in [-0.4, -0.2) is 19.6 Å². The van der Waals surface area contributed by atoms with E-state index in [0.717, 1.165) is 24.2 Å². The minimum absolute atomic E-state index is 0.0737. The second kappa shape index (κ2) is 14.0. The first-order valence-electron chi connectivity index (χ1n) is 10.2. The van der Waals surface area contributed by atoms with Crippen molar-refractivity contribution in [2.45, 2.75) is 98.8 Å². The highest BCUT2D eigenvalue weighted by molar-refractivity contribution is 7.80. The average molecular weight is 379 g/mol. The van der Waals surface area contributed by atoms with Crippen LogP contribution in [0, 0.1) is 23.7 Å². The van der Waals surface area contributed by atoms with E-state index in [-0.39, 0.29) is 6.61 Å². The normalized spacial score (nSPS) is 16.1. The van der Waals surface area contributed by atoms with E-state index in [1.165, 1.54) is 51.4 Å². The Morgan fingerprint density at radius 2 is 1.04 bits per heavy atom. The monoisotopic (exact) mass is 378 g/mol. The van der Waals surface area contributed by atoms with E-state index >= 15 is 0 Å². The summed E-state index contributed by atoms with van der Waals surface area (Å²) in [4.78, 5) is 0. The summed E-state index contributed by atoms with van der Waals surface area (Å²) in [5.41, 5.74) is 0. The van der Waals surface area contributed by atoms with Gasteiger partial charge in [0.05, 0.1) is 6.61 Å². The summed E-state index contributed by atoms with van der Waals surface area (Å²) in [5.74, 6) is 2.88. The van der Waals surface area contributed by atoms with Gasteiger partial charge in [-0.2, -0.15) is 8.42 Å². The molecule has 0 aliphatic carbocycles. The van der Waals surface area contributed by atoms with Gasteiger partial charge in [0.2, 0.25) is 0 Å². The van der Waals surface area contributed by atoms with Gasteiger partial charge in [0, 0.05) is 0 Å². The second-order valence-corrected chi connectivity index (χ2v) is 9.63. The maximum Gasteiger partial charge on any atom is 0.397 e. The fraction of sp³-hybridized carbons (Fsp3) is 1.00. The zero-order chi connectivity index (χ0) is 19.3. The van der Waals surface area contributed by atoms with Crippen molar-refractivity contribution in [2.75, 3.05) is 6.61 Å². The van der Waals surface area contributed by atoms with Gasteiger partial charge in [-0.05, 0) is 30.1 Å². The van der Waals surface area contributed by atoms with Crippen LogP contribution in [0.25, 0.3) is 0 Å². The molecular weight excluding hydrogens is 336 g/mol. The molecule has 0 bridgehead atoms. The van der Waals surface area contributed by atoms with Gasteiger partial charge in [-0.3, -0.25) is 4.55 Å². The molecular formula is C20H42O4S. The highest BCUT2D eigenvalue weighted by atomic mass is 32.3. The van der Waals surface area contributed by atoms with Gasteiger partial charge in [-0.15, -0.1) is 0 Å². The summed E-state index contributed by atoms with van der Waals surface area (Å²) in [6.07, 6.45) is 12.3. The third kappa shape index (κ3) is 18.5. The molecule has 0 amide bonds. The molecule has 0 fully saturated rings. The molecule has 0 aromatic carbocycles. The first-order chi connectivity index (χ1) is 11.6. The van der Waals surface area contributed by atoms with E-state index in [9.17, 15) is 8.42 Å². The molecule has 0 saturated carbocycles. The zero-order valence-corrected chi connectivity index (χ0v) is 18.0. The lowest BCUT2D eigenvalue weighted by Gasteiger charge is -2.16. The molecule has 0 radical (unpaired) electrons. The Balaban J connectivity index is 3.58.